The first kappa shape index (κ1) is 16.3. The van der Waals surface area contributed by atoms with Gasteiger partial charge >= 0.3 is 5.97 Å². The maximum atomic E-state index is 12.3. The molecule has 0 bridgehead atoms. The van der Waals surface area contributed by atoms with Gasteiger partial charge in [-0.15, -0.1) is 0 Å². The number of hydrogen-bond acceptors (Lipinski definition) is 4. The lowest BCUT2D eigenvalue weighted by molar-refractivity contribution is -0.147. The summed E-state index contributed by atoms with van der Waals surface area (Å²) in [4.78, 5) is 16.9. The Balaban J connectivity index is 2.49. The fraction of sp³-hybridized carbons (Fsp3) is 0.529. The Hall–Kier alpha value is -2.04. The maximum Gasteiger partial charge on any atom is 0.328 e. The van der Waals surface area contributed by atoms with Crippen molar-refractivity contribution in [2.75, 3.05) is 12.3 Å². The monoisotopic (exact) mass is 303 g/mol. The van der Waals surface area contributed by atoms with Crippen LogP contribution in [0.15, 0.2) is 18.2 Å². The van der Waals surface area contributed by atoms with Crippen LogP contribution in [0, 0.1) is 5.92 Å². The minimum atomic E-state index is -0.410. The number of ether oxygens (including phenoxy) is 1. The molecule has 5 heteroatoms. The predicted octanol–water partition coefficient (Wildman–Crippen LogP) is 3.33. The summed E-state index contributed by atoms with van der Waals surface area (Å²) in [6.45, 7) is 8.54. The summed E-state index contributed by atoms with van der Waals surface area (Å²) in [7, 11) is 0. The van der Waals surface area contributed by atoms with Gasteiger partial charge in [0.15, 0.2) is 0 Å². The summed E-state index contributed by atoms with van der Waals surface area (Å²) < 4.78 is 7.26. The van der Waals surface area contributed by atoms with E-state index in [2.05, 4.69) is 18.8 Å². The Morgan fingerprint density at radius 2 is 2.09 bits per heavy atom. The molecule has 1 unspecified atom stereocenters. The van der Waals surface area contributed by atoms with Gasteiger partial charge in [0.1, 0.15) is 17.4 Å². The molecular formula is C17H25N3O2. The molecule has 0 amide bonds. The third-order valence-electron chi connectivity index (χ3n) is 3.59. The van der Waals surface area contributed by atoms with Crippen molar-refractivity contribution in [3.63, 3.8) is 0 Å². The van der Waals surface area contributed by atoms with E-state index in [1.807, 2.05) is 36.6 Å². The smallest absolute Gasteiger partial charge is 0.328 e. The van der Waals surface area contributed by atoms with Gasteiger partial charge < -0.3 is 15.0 Å². The molecule has 1 aromatic heterocycles. The van der Waals surface area contributed by atoms with Gasteiger partial charge in [-0.2, -0.15) is 0 Å². The molecule has 1 heterocycles. The number of carbonyl (C=O) groups excluding carboxylic acids is 1. The minimum Gasteiger partial charge on any atom is -0.464 e. The van der Waals surface area contributed by atoms with Crippen molar-refractivity contribution in [3.05, 3.63) is 24.0 Å². The van der Waals surface area contributed by atoms with E-state index < -0.39 is 6.04 Å². The van der Waals surface area contributed by atoms with Gasteiger partial charge in [0, 0.05) is 6.42 Å². The molecule has 22 heavy (non-hydrogen) atoms. The topological polar surface area (TPSA) is 70.1 Å². The van der Waals surface area contributed by atoms with Crippen LogP contribution in [0.1, 0.15) is 46.0 Å². The highest BCUT2D eigenvalue weighted by Gasteiger charge is 2.23. The first-order valence-corrected chi connectivity index (χ1v) is 7.87. The number of hydrogen-bond donors (Lipinski definition) is 1. The molecule has 0 aliphatic heterocycles. The Morgan fingerprint density at radius 3 is 2.73 bits per heavy atom. The van der Waals surface area contributed by atoms with E-state index in [-0.39, 0.29) is 5.97 Å². The van der Waals surface area contributed by atoms with Crippen LogP contribution in [0.4, 0.5) is 5.69 Å². The van der Waals surface area contributed by atoms with Gasteiger partial charge in [-0.3, -0.25) is 0 Å². The fourth-order valence-electron chi connectivity index (χ4n) is 2.56. The number of rotatable bonds is 6. The molecule has 1 aromatic carbocycles. The van der Waals surface area contributed by atoms with Crippen molar-refractivity contribution in [2.45, 2.75) is 46.6 Å². The average Bonchev–Trinajstić information content (AvgIpc) is 2.82. The first-order chi connectivity index (χ1) is 10.5. The lowest BCUT2D eigenvalue weighted by Crippen LogP contribution is -2.22. The van der Waals surface area contributed by atoms with E-state index in [0.717, 1.165) is 29.7 Å². The molecule has 0 saturated heterocycles. The van der Waals surface area contributed by atoms with Crippen LogP contribution < -0.4 is 5.73 Å². The van der Waals surface area contributed by atoms with Crippen LogP contribution in [0.2, 0.25) is 0 Å². The predicted molar refractivity (Wildman–Crippen MR) is 88.6 cm³/mol. The molecule has 2 rings (SSSR count). The number of anilines is 1. The molecule has 1 atom stereocenters. The van der Waals surface area contributed by atoms with E-state index in [1.54, 1.807) is 0 Å². The van der Waals surface area contributed by atoms with Crippen molar-refractivity contribution in [3.8, 4) is 0 Å². The third kappa shape index (κ3) is 3.24. The largest absolute Gasteiger partial charge is 0.464 e. The SMILES string of the molecule is CCCOC(=O)C(C)n1c(CC(C)C)nc2c(N)cccc21. The van der Waals surface area contributed by atoms with Crippen LogP contribution in [0.5, 0.6) is 0 Å². The number of nitrogens with two attached hydrogens (primary N) is 1. The molecular weight excluding hydrogens is 278 g/mol. The summed E-state index contributed by atoms with van der Waals surface area (Å²) in [5.41, 5.74) is 8.31. The highest BCUT2D eigenvalue weighted by atomic mass is 16.5. The Kier molecular flexibility index (Phi) is 5.06. The summed E-state index contributed by atoms with van der Waals surface area (Å²) in [5, 5.41) is 0. The lowest BCUT2D eigenvalue weighted by atomic mass is 10.1. The van der Waals surface area contributed by atoms with Gasteiger partial charge in [0.25, 0.3) is 0 Å². The van der Waals surface area contributed by atoms with Crippen molar-refractivity contribution in [1.29, 1.82) is 0 Å². The van der Waals surface area contributed by atoms with E-state index >= 15 is 0 Å². The van der Waals surface area contributed by atoms with E-state index in [9.17, 15) is 4.79 Å². The summed E-state index contributed by atoms with van der Waals surface area (Å²) >= 11 is 0. The van der Waals surface area contributed by atoms with Gasteiger partial charge in [-0.1, -0.05) is 26.8 Å². The molecule has 0 fully saturated rings. The Morgan fingerprint density at radius 1 is 1.36 bits per heavy atom. The van der Waals surface area contributed by atoms with Crippen LogP contribution in [0.25, 0.3) is 11.0 Å². The average molecular weight is 303 g/mol. The zero-order chi connectivity index (χ0) is 16.3. The number of benzene rings is 1. The van der Waals surface area contributed by atoms with Crippen LogP contribution >= 0.6 is 0 Å². The molecule has 5 nitrogen and oxygen atoms in total. The van der Waals surface area contributed by atoms with Gasteiger partial charge in [0.05, 0.1) is 17.8 Å². The standard InChI is InChI=1S/C17H25N3O2/c1-5-9-22-17(21)12(4)20-14-8-6-7-13(18)16(14)19-15(20)10-11(2)3/h6-8,11-12H,5,9-10,18H2,1-4H3. The molecule has 0 saturated carbocycles. The number of nitrogens with zero attached hydrogens (tertiary/aromatic N) is 2. The zero-order valence-electron chi connectivity index (χ0n) is 13.8. The maximum absolute atomic E-state index is 12.3. The van der Waals surface area contributed by atoms with E-state index in [4.69, 9.17) is 10.5 Å². The van der Waals surface area contributed by atoms with Crippen LogP contribution in [-0.4, -0.2) is 22.1 Å². The second kappa shape index (κ2) is 6.81. The number of imidazole rings is 1. The van der Waals surface area contributed by atoms with Crippen LogP contribution in [0.3, 0.4) is 0 Å². The number of esters is 1. The number of fused-ring (bicyclic) bond motifs is 1. The molecule has 2 aromatic rings. The van der Waals surface area contributed by atoms with Gasteiger partial charge in [-0.25, -0.2) is 9.78 Å². The molecule has 0 spiro atoms. The normalized spacial score (nSPS) is 12.8. The fourth-order valence-corrected chi connectivity index (χ4v) is 2.56. The van der Waals surface area contributed by atoms with Crippen LogP contribution in [-0.2, 0) is 16.0 Å². The second-order valence-corrected chi connectivity index (χ2v) is 6.05. The summed E-state index contributed by atoms with van der Waals surface area (Å²) in [6.07, 6.45) is 1.61. The lowest BCUT2D eigenvalue weighted by Gasteiger charge is -2.17. The Labute approximate surface area is 131 Å². The van der Waals surface area contributed by atoms with Gasteiger partial charge in [-0.05, 0) is 31.4 Å². The minimum absolute atomic E-state index is 0.228. The first-order valence-electron chi connectivity index (χ1n) is 7.87. The highest BCUT2D eigenvalue weighted by molar-refractivity contribution is 5.89. The quantitative estimate of drug-likeness (QED) is 0.656. The third-order valence-corrected chi connectivity index (χ3v) is 3.59. The van der Waals surface area contributed by atoms with Crippen molar-refractivity contribution >= 4 is 22.7 Å². The van der Waals surface area contributed by atoms with Gasteiger partial charge in [0.2, 0.25) is 0 Å². The second-order valence-electron chi connectivity index (χ2n) is 6.05. The molecule has 0 aliphatic carbocycles. The zero-order valence-corrected chi connectivity index (χ0v) is 13.8. The van der Waals surface area contributed by atoms with E-state index in [1.165, 1.54) is 0 Å². The summed E-state index contributed by atoms with van der Waals surface area (Å²) in [6, 6.07) is 5.26. The van der Waals surface area contributed by atoms with Crippen molar-refractivity contribution in [1.82, 2.24) is 9.55 Å². The number of para-hydroxylation sites is 1. The molecule has 0 radical (unpaired) electrons. The summed E-state index contributed by atoms with van der Waals surface area (Å²) in [5.74, 6) is 1.09. The number of nitrogen functional groups attached to an aromatic ring is 1. The number of carbonyl (C=O) groups is 1. The Bertz CT molecular complexity index is 661. The molecule has 2 N–H and O–H groups in total. The van der Waals surface area contributed by atoms with Crippen molar-refractivity contribution < 1.29 is 9.53 Å². The number of aromatic nitrogens is 2. The molecule has 0 aliphatic rings. The highest BCUT2D eigenvalue weighted by Crippen LogP contribution is 2.27. The van der Waals surface area contributed by atoms with E-state index in [0.29, 0.717) is 18.2 Å². The molecule has 120 valence electrons. The van der Waals surface area contributed by atoms with Crippen molar-refractivity contribution in [2.24, 2.45) is 5.92 Å².